The SMILES string of the molecule is CCOc1cc(C)ccc1NC(=O)c1cc[nH]c(=O)c1. The van der Waals surface area contributed by atoms with Crippen molar-refractivity contribution in [1.82, 2.24) is 4.98 Å². The van der Waals surface area contributed by atoms with Crippen LogP contribution in [-0.4, -0.2) is 17.5 Å². The highest BCUT2D eigenvalue weighted by Gasteiger charge is 2.10. The second-order valence-corrected chi connectivity index (χ2v) is 4.33. The second kappa shape index (κ2) is 6.06. The van der Waals surface area contributed by atoms with Gasteiger partial charge >= 0.3 is 0 Å². The summed E-state index contributed by atoms with van der Waals surface area (Å²) in [5, 5.41) is 2.75. The van der Waals surface area contributed by atoms with E-state index in [1.807, 2.05) is 26.0 Å². The fourth-order valence-electron chi connectivity index (χ4n) is 1.79. The molecule has 5 heteroatoms. The Morgan fingerprint density at radius 1 is 1.30 bits per heavy atom. The molecule has 2 N–H and O–H groups in total. The Bertz CT molecular complexity index is 677. The normalized spacial score (nSPS) is 10.1. The average Bonchev–Trinajstić information content (AvgIpc) is 2.42. The van der Waals surface area contributed by atoms with Gasteiger partial charge in [-0.05, 0) is 37.6 Å². The first-order valence-electron chi connectivity index (χ1n) is 6.33. The van der Waals surface area contributed by atoms with Crippen molar-refractivity contribution in [3.8, 4) is 5.75 Å². The van der Waals surface area contributed by atoms with Crippen LogP contribution in [0.4, 0.5) is 5.69 Å². The number of hydrogen-bond donors (Lipinski definition) is 2. The van der Waals surface area contributed by atoms with E-state index >= 15 is 0 Å². The zero-order valence-corrected chi connectivity index (χ0v) is 11.4. The van der Waals surface area contributed by atoms with Crippen LogP contribution in [0, 0.1) is 6.92 Å². The second-order valence-electron chi connectivity index (χ2n) is 4.33. The van der Waals surface area contributed by atoms with Crippen LogP contribution in [0.5, 0.6) is 5.75 Å². The van der Waals surface area contributed by atoms with Gasteiger partial charge < -0.3 is 15.0 Å². The molecule has 0 bridgehead atoms. The van der Waals surface area contributed by atoms with Crippen LogP contribution in [0.1, 0.15) is 22.8 Å². The Hall–Kier alpha value is -2.56. The summed E-state index contributed by atoms with van der Waals surface area (Å²) in [7, 11) is 0. The number of amides is 1. The monoisotopic (exact) mass is 272 g/mol. The minimum absolute atomic E-state index is 0.303. The summed E-state index contributed by atoms with van der Waals surface area (Å²) in [6, 6.07) is 8.33. The summed E-state index contributed by atoms with van der Waals surface area (Å²) in [5.41, 5.74) is 1.62. The minimum Gasteiger partial charge on any atom is -0.492 e. The van der Waals surface area contributed by atoms with Crippen molar-refractivity contribution in [2.45, 2.75) is 13.8 Å². The van der Waals surface area contributed by atoms with Gasteiger partial charge in [0.2, 0.25) is 5.56 Å². The van der Waals surface area contributed by atoms with E-state index in [9.17, 15) is 9.59 Å². The van der Waals surface area contributed by atoms with E-state index < -0.39 is 0 Å². The van der Waals surface area contributed by atoms with Crippen molar-refractivity contribution in [2.24, 2.45) is 0 Å². The standard InChI is InChI=1S/C15H16N2O3/c1-3-20-13-8-10(2)4-5-12(13)17-15(19)11-6-7-16-14(18)9-11/h4-9H,3H2,1-2H3,(H,16,18)(H,17,19). The summed E-state index contributed by atoms with van der Waals surface area (Å²) in [6.07, 6.45) is 1.44. The molecule has 5 nitrogen and oxygen atoms in total. The molecule has 2 aromatic rings. The lowest BCUT2D eigenvalue weighted by Crippen LogP contribution is -2.16. The average molecular weight is 272 g/mol. The zero-order chi connectivity index (χ0) is 14.5. The van der Waals surface area contributed by atoms with Crippen LogP contribution in [-0.2, 0) is 0 Å². The summed E-state index contributed by atoms with van der Waals surface area (Å²) in [6.45, 7) is 4.34. The molecule has 0 unspecified atom stereocenters. The maximum Gasteiger partial charge on any atom is 0.256 e. The Kier molecular flexibility index (Phi) is 4.20. The van der Waals surface area contributed by atoms with E-state index in [0.717, 1.165) is 5.56 Å². The number of benzene rings is 1. The van der Waals surface area contributed by atoms with Gasteiger partial charge in [-0.25, -0.2) is 0 Å². The Balaban J connectivity index is 2.25. The van der Waals surface area contributed by atoms with Gasteiger partial charge in [-0.15, -0.1) is 0 Å². The molecule has 1 heterocycles. The molecule has 0 saturated carbocycles. The number of hydrogen-bond acceptors (Lipinski definition) is 3. The fourth-order valence-corrected chi connectivity index (χ4v) is 1.79. The van der Waals surface area contributed by atoms with Gasteiger partial charge in [0.15, 0.2) is 0 Å². The van der Waals surface area contributed by atoms with Crippen LogP contribution in [0.25, 0.3) is 0 Å². The zero-order valence-electron chi connectivity index (χ0n) is 11.4. The predicted molar refractivity (Wildman–Crippen MR) is 77.4 cm³/mol. The highest BCUT2D eigenvalue weighted by molar-refractivity contribution is 6.04. The molecule has 0 spiro atoms. The summed E-state index contributed by atoms with van der Waals surface area (Å²) in [4.78, 5) is 25.8. The molecule has 2 rings (SSSR count). The fraction of sp³-hybridized carbons (Fsp3) is 0.200. The first-order valence-corrected chi connectivity index (χ1v) is 6.33. The van der Waals surface area contributed by atoms with Crippen LogP contribution in [0.15, 0.2) is 41.3 Å². The molecule has 0 aliphatic heterocycles. The van der Waals surface area contributed by atoms with Crippen molar-refractivity contribution >= 4 is 11.6 Å². The van der Waals surface area contributed by atoms with Gasteiger partial charge in [-0.2, -0.15) is 0 Å². The third-order valence-corrected chi connectivity index (χ3v) is 2.72. The van der Waals surface area contributed by atoms with E-state index in [1.54, 1.807) is 12.1 Å². The van der Waals surface area contributed by atoms with E-state index in [2.05, 4.69) is 10.3 Å². The van der Waals surface area contributed by atoms with Gasteiger partial charge in [0.1, 0.15) is 5.75 Å². The molecule has 1 aromatic carbocycles. The number of aromatic amines is 1. The molecular weight excluding hydrogens is 256 g/mol. The first-order chi connectivity index (χ1) is 9.60. The van der Waals surface area contributed by atoms with Gasteiger partial charge in [-0.1, -0.05) is 6.07 Å². The van der Waals surface area contributed by atoms with E-state index in [1.165, 1.54) is 12.3 Å². The van der Waals surface area contributed by atoms with Crippen LogP contribution in [0.3, 0.4) is 0 Å². The van der Waals surface area contributed by atoms with E-state index in [-0.39, 0.29) is 11.5 Å². The number of nitrogens with one attached hydrogen (secondary N) is 2. The Morgan fingerprint density at radius 2 is 2.10 bits per heavy atom. The van der Waals surface area contributed by atoms with Crippen molar-refractivity contribution in [1.29, 1.82) is 0 Å². The lowest BCUT2D eigenvalue weighted by molar-refractivity contribution is 0.102. The lowest BCUT2D eigenvalue weighted by atomic mass is 10.2. The van der Waals surface area contributed by atoms with Crippen molar-refractivity contribution < 1.29 is 9.53 Å². The number of ether oxygens (including phenoxy) is 1. The number of H-pyrrole nitrogens is 1. The summed E-state index contributed by atoms with van der Waals surface area (Å²) >= 11 is 0. The quantitative estimate of drug-likeness (QED) is 0.897. The Labute approximate surface area is 116 Å². The number of aromatic nitrogens is 1. The predicted octanol–water partition coefficient (Wildman–Crippen LogP) is 2.33. The van der Waals surface area contributed by atoms with Crippen molar-refractivity contribution in [3.05, 3.63) is 58.0 Å². The van der Waals surface area contributed by atoms with Gasteiger partial charge in [-0.3, -0.25) is 9.59 Å². The highest BCUT2D eigenvalue weighted by Crippen LogP contribution is 2.26. The molecule has 0 atom stereocenters. The molecule has 0 aliphatic rings. The van der Waals surface area contributed by atoms with Crippen LogP contribution < -0.4 is 15.6 Å². The molecule has 104 valence electrons. The third kappa shape index (κ3) is 3.26. The van der Waals surface area contributed by atoms with Gasteiger partial charge in [0.25, 0.3) is 5.91 Å². The summed E-state index contributed by atoms with van der Waals surface area (Å²) < 4.78 is 5.50. The number of anilines is 1. The maximum absolute atomic E-state index is 12.1. The van der Waals surface area contributed by atoms with Crippen LogP contribution >= 0.6 is 0 Å². The molecule has 0 aliphatic carbocycles. The number of carbonyl (C=O) groups is 1. The lowest BCUT2D eigenvalue weighted by Gasteiger charge is -2.12. The number of carbonyl (C=O) groups excluding carboxylic acids is 1. The molecular formula is C15H16N2O3. The molecule has 0 fully saturated rings. The third-order valence-electron chi connectivity index (χ3n) is 2.72. The molecule has 1 aromatic heterocycles. The largest absolute Gasteiger partial charge is 0.492 e. The number of pyridine rings is 1. The summed E-state index contributed by atoms with van der Waals surface area (Å²) in [5.74, 6) is 0.270. The molecule has 0 saturated heterocycles. The molecule has 0 radical (unpaired) electrons. The smallest absolute Gasteiger partial charge is 0.256 e. The highest BCUT2D eigenvalue weighted by atomic mass is 16.5. The number of rotatable bonds is 4. The number of aryl methyl sites for hydroxylation is 1. The maximum atomic E-state index is 12.1. The van der Waals surface area contributed by atoms with E-state index in [0.29, 0.717) is 23.6 Å². The van der Waals surface area contributed by atoms with Crippen molar-refractivity contribution in [3.63, 3.8) is 0 Å². The van der Waals surface area contributed by atoms with Gasteiger partial charge in [0.05, 0.1) is 12.3 Å². The van der Waals surface area contributed by atoms with E-state index in [4.69, 9.17) is 4.74 Å². The molecule has 1 amide bonds. The van der Waals surface area contributed by atoms with Gasteiger partial charge in [0, 0.05) is 17.8 Å². The Morgan fingerprint density at radius 3 is 2.80 bits per heavy atom. The first kappa shape index (κ1) is 13.9. The minimum atomic E-state index is -0.346. The van der Waals surface area contributed by atoms with Crippen molar-refractivity contribution in [2.75, 3.05) is 11.9 Å². The molecule has 20 heavy (non-hydrogen) atoms. The topological polar surface area (TPSA) is 71.2 Å². The van der Waals surface area contributed by atoms with Crippen LogP contribution in [0.2, 0.25) is 0 Å².